The molecule has 3 amide bonds. The Kier molecular flexibility index (Phi) is 5.84. The molecule has 0 bridgehead atoms. The minimum absolute atomic E-state index is 0.0831. The van der Waals surface area contributed by atoms with E-state index in [-0.39, 0.29) is 30.1 Å². The van der Waals surface area contributed by atoms with Crippen LogP contribution in [0, 0.1) is 13.8 Å². The highest BCUT2D eigenvalue weighted by atomic mass is 32.2. The number of carbonyl (C=O) groups excluding carboxylic acids is 3. The number of rotatable bonds is 6. The number of hydrogen-bond acceptors (Lipinski definition) is 7. The van der Waals surface area contributed by atoms with E-state index in [2.05, 4.69) is 10.5 Å². The standard InChI is InChI=1S/C19H19N3O5S/c1-11-16(12(2)27-21-11)17(23)20-8-9-22-18(24)15(28-19(22)25)10-13-4-6-14(26-3)7-5-13/h4-7,10H,8-9H2,1-3H3,(H,20,23)/b15-10+. The lowest BCUT2D eigenvalue weighted by Crippen LogP contribution is -2.37. The molecule has 1 N–H and O–H groups in total. The third-order valence-corrected chi connectivity index (χ3v) is 5.08. The molecule has 146 valence electrons. The quantitative estimate of drug-likeness (QED) is 0.743. The lowest BCUT2D eigenvalue weighted by atomic mass is 10.2. The van der Waals surface area contributed by atoms with E-state index >= 15 is 0 Å². The summed E-state index contributed by atoms with van der Waals surface area (Å²) in [5.41, 5.74) is 1.65. The highest BCUT2D eigenvalue weighted by molar-refractivity contribution is 8.18. The number of imide groups is 1. The van der Waals surface area contributed by atoms with Gasteiger partial charge in [-0.2, -0.15) is 0 Å². The van der Waals surface area contributed by atoms with Gasteiger partial charge in [0.15, 0.2) is 0 Å². The monoisotopic (exact) mass is 401 g/mol. The molecule has 2 aromatic rings. The Labute approximate surface area is 165 Å². The van der Waals surface area contributed by atoms with Crippen molar-refractivity contribution in [3.63, 3.8) is 0 Å². The first kappa shape index (κ1) is 19.7. The highest BCUT2D eigenvalue weighted by Gasteiger charge is 2.34. The first-order chi connectivity index (χ1) is 13.4. The summed E-state index contributed by atoms with van der Waals surface area (Å²) < 4.78 is 10.1. The Morgan fingerprint density at radius 1 is 1.29 bits per heavy atom. The van der Waals surface area contributed by atoms with E-state index in [4.69, 9.17) is 9.26 Å². The number of carbonyl (C=O) groups is 3. The van der Waals surface area contributed by atoms with E-state index in [9.17, 15) is 14.4 Å². The van der Waals surface area contributed by atoms with Gasteiger partial charge in [0, 0.05) is 13.1 Å². The maximum absolute atomic E-state index is 12.5. The van der Waals surface area contributed by atoms with Crippen molar-refractivity contribution in [2.24, 2.45) is 0 Å². The van der Waals surface area contributed by atoms with Crippen LogP contribution in [-0.2, 0) is 4.79 Å². The number of methoxy groups -OCH3 is 1. The molecule has 2 heterocycles. The summed E-state index contributed by atoms with van der Waals surface area (Å²) in [6, 6.07) is 7.16. The molecule has 0 radical (unpaired) electrons. The van der Waals surface area contributed by atoms with Crippen LogP contribution in [0.4, 0.5) is 4.79 Å². The minimum Gasteiger partial charge on any atom is -0.497 e. The van der Waals surface area contributed by atoms with Crippen LogP contribution < -0.4 is 10.1 Å². The molecule has 3 rings (SSSR count). The number of thioether (sulfide) groups is 1. The molecule has 1 aromatic carbocycles. The van der Waals surface area contributed by atoms with Crippen molar-refractivity contribution in [3.05, 3.63) is 51.8 Å². The largest absolute Gasteiger partial charge is 0.497 e. The number of aromatic nitrogens is 1. The summed E-state index contributed by atoms with van der Waals surface area (Å²) in [6.45, 7) is 3.54. The SMILES string of the molecule is COc1ccc(/C=C2/SC(=O)N(CCNC(=O)c3c(C)noc3C)C2=O)cc1. The summed E-state index contributed by atoms with van der Waals surface area (Å²) >= 11 is 0.878. The molecule has 9 heteroatoms. The normalized spacial score (nSPS) is 15.4. The van der Waals surface area contributed by atoms with Gasteiger partial charge in [0.1, 0.15) is 17.1 Å². The molecule has 8 nitrogen and oxygen atoms in total. The number of nitrogens with zero attached hydrogens (tertiary/aromatic N) is 2. The number of aryl methyl sites for hydroxylation is 2. The van der Waals surface area contributed by atoms with Gasteiger partial charge in [0.05, 0.1) is 17.7 Å². The first-order valence-corrected chi connectivity index (χ1v) is 9.33. The first-order valence-electron chi connectivity index (χ1n) is 8.51. The van der Waals surface area contributed by atoms with E-state index in [1.807, 2.05) is 0 Å². The van der Waals surface area contributed by atoms with E-state index in [1.165, 1.54) is 0 Å². The summed E-state index contributed by atoms with van der Waals surface area (Å²) in [5, 5.41) is 6.05. The third-order valence-electron chi connectivity index (χ3n) is 4.17. The zero-order valence-corrected chi connectivity index (χ0v) is 16.5. The van der Waals surface area contributed by atoms with Gasteiger partial charge in [-0.1, -0.05) is 17.3 Å². The number of hydrogen-bond donors (Lipinski definition) is 1. The average molecular weight is 401 g/mol. The van der Waals surface area contributed by atoms with Gasteiger partial charge in [0.25, 0.3) is 17.1 Å². The Morgan fingerprint density at radius 3 is 2.61 bits per heavy atom. The minimum atomic E-state index is -0.377. The molecule has 0 aliphatic carbocycles. The van der Waals surface area contributed by atoms with Gasteiger partial charge >= 0.3 is 0 Å². The molecule has 0 saturated carbocycles. The topological polar surface area (TPSA) is 102 Å². The molecule has 0 unspecified atom stereocenters. The molecule has 1 fully saturated rings. The number of amides is 3. The van der Waals surface area contributed by atoms with Crippen molar-refractivity contribution in [2.75, 3.05) is 20.2 Å². The van der Waals surface area contributed by atoms with Gasteiger partial charge in [-0.05, 0) is 49.4 Å². The molecule has 1 aliphatic heterocycles. The fourth-order valence-corrected chi connectivity index (χ4v) is 3.59. The van der Waals surface area contributed by atoms with E-state index in [0.29, 0.717) is 27.7 Å². The van der Waals surface area contributed by atoms with Crippen molar-refractivity contribution < 1.29 is 23.6 Å². The van der Waals surface area contributed by atoms with Crippen LogP contribution in [0.25, 0.3) is 6.08 Å². The second kappa shape index (κ2) is 8.30. The second-order valence-corrected chi connectivity index (χ2v) is 7.05. The Balaban J connectivity index is 1.60. The predicted molar refractivity (Wildman–Crippen MR) is 104 cm³/mol. The van der Waals surface area contributed by atoms with Gasteiger partial charge in [-0.3, -0.25) is 19.3 Å². The zero-order valence-electron chi connectivity index (χ0n) is 15.6. The van der Waals surface area contributed by atoms with Gasteiger partial charge in [-0.25, -0.2) is 0 Å². The maximum Gasteiger partial charge on any atom is 0.293 e. The van der Waals surface area contributed by atoms with Crippen molar-refractivity contribution in [1.82, 2.24) is 15.4 Å². The van der Waals surface area contributed by atoms with E-state index in [1.54, 1.807) is 51.3 Å². The molecule has 0 spiro atoms. The summed E-state index contributed by atoms with van der Waals surface area (Å²) in [4.78, 5) is 38.4. The number of benzene rings is 1. The van der Waals surface area contributed by atoms with Crippen molar-refractivity contribution in [1.29, 1.82) is 0 Å². The van der Waals surface area contributed by atoms with Crippen molar-refractivity contribution in [3.8, 4) is 5.75 Å². The molecule has 0 atom stereocenters. The molecular formula is C19H19N3O5S. The lowest BCUT2D eigenvalue weighted by Gasteiger charge is -2.12. The molecule has 1 aromatic heterocycles. The summed E-state index contributed by atoms with van der Waals surface area (Å²) in [6.07, 6.45) is 1.66. The lowest BCUT2D eigenvalue weighted by molar-refractivity contribution is -0.122. The van der Waals surface area contributed by atoms with Crippen LogP contribution in [0.2, 0.25) is 0 Å². The molecule has 1 aliphatic rings. The van der Waals surface area contributed by atoms with Crippen molar-refractivity contribution in [2.45, 2.75) is 13.8 Å². The Bertz CT molecular complexity index is 929. The fraction of sp³-hybridized carbons (Fsp3) is 0.263. The van der Waals surface area contributed by atoms with Gasteiger partial charge in [0.2, 0.25) is 0 Å². The average Bonchev–Trinajstić information content (AvgIpc) is 3.15. The van der Waals surface area contributed by atoms with Gasteiger partial charge < -0.3 is 14.6 Å². The van der Waals surface area contributed by atoms with Crippen LogP contribution in [0.3, 0.4) is 0 Å². The van der Waals surface area contributed by atoms with Crippen molar-refractivity contribution >= 4 is 34.9 Å². The van der Waals surface area contributed by atoms with Crippen LogP contribution >= 0.6 is 11.8 Å². The summed E-state index contributed by atoms with van der Waals surface area (Å²) in [7, 11) is 1.57. The van der Waals surface area contributed by atoms with Crippen LogP contribution in [0.15, 0.2) is 33.7 Å². The zero-order chi connectivity index (χ0) is 20.3. The molecular weight excluding hydrogens is 382 g/mol. The van der Waals surface area contributed by atoms with Gasteiger partial charge in [-0.15, -0.1) is 0 Å². The maximum atomic E-state index is 12.5. The second-order valence-electron chi connectivity index (χ2n) is 6.06. The van der Waals surface area contributed by atoms with E-state index in [0.717, 1.165) is 22.2 Å². The van der Waals surface area contributed by atoms with Crippen LogP contribution in [0.5, 0.6) is 5.75 Å². The Morgan fingerprint density at radius 2 is 2.00 bits per heavy atom. The predicted octanol–water partition coefficient (Wildman–Crippen LogP) is 2.77. The number of nitrogens with one attached hydrogen (secondary N) is 1. The highest BCUT2D eigenvalue weighted by Crippen LogP contribution is 2.32. The third kappa shape index (κ3) is 4.09. The van der Waals surface area contributed by atoms with E-state index < -0.39 is 0 Å². The fourth-order valence-electron chi connectivity index (χ4n) is 2.72. The molecule has 1 saturated heterocycles. The summed E-state index contributed by atoms with van der Waals surface area (Å²) in [5.74, 6) is 0.400. The van der Waals surface area contributed by atoms with Crippen LogP contribution in [0.1, 0.15) is 27.4 Å². The van der Waals surface area contributed by atoms with Crippen LogP contribution in [-0.4, -0.2) is 47.3 Å². The smallest absolute Gasteiger partial charge is 0.293 e. The molecule has 28 heavy (non-hydrogen) atoms. The Hall–Kier alpha value is -3.07. The number of ether oxygens (including phenoxy) is 1.